The molecule has 28 heavy (non-hydrogen) atoms. The van der Waals surface area contributed by atoms with Gasteiger partial charge in [-0.05, 0) is 56.9 Å². The summed E-state index contributed by atoms with van der Waals surface area (Å²) in [4.78, 5) is 12.9. The molecular weight excluding hydrogens is 372 g/mol. The molecule has 2 aromatic carbocycles. The zero-order chi connectivity index (χ0) is 20.9. The summed E-state index contributed by atoms with van der Waals surface area (Å²) < 4.78 is 26.1. The highest BCUT2D eigenvalue weighted by atomic mass is 32.2. The Morgan fingerprint density at radius 1 is 1.04 bits per heavy atom. The summed E-state index contributed by atoms with van der Waals surface area (Å²) in [5.74, 6) is -0.328. The SMILES string of the molecule is CCc1ccc(N([C@H](C)C(=O)NC(C)(C)Cc2ccccc2)S(C)(=O)=O)cc1. The molecule has 0 aliphatic carbocycles. The Hall–Kier alpha value is -2.34. The van der Waals surface area contributed by atoms with Crippen LogP contribution in [0, 0.1) is 0 Å². The quantitative estimate of drug-likeness (QED) is 0.734. The van der Waals surface area contributed by atoms with Gasteiger partial charge in [0.05, 0.1) is 11.9 Å². The number of hydrogen-bond acceptors (Lipinski definition) is 3. The van der Waals surface area contributed by atoms with Crippen molar-refractivity contribution in [1.82, 2.24) is 5.32 Å². The van der Waals surface area contributed by atoms with E-state index in [1.807, 2.05) is 63.2 Å². The van der Waals surface area contributed by atoms with Crippen LogP contribution in [0.1, 0.15) is 38.8 Å². The van der Waals surface area contributed by atoms with Crippen molar-refractivity contribution in [3.63, 3.8) is 0 Å². The Balaban J connectivity index is 2.21. The molecule has 2 aromatic rings. The third-order valence-electron chi connectivity index (χ3n) is 4.64. The second kappa shape index (κ2) is 8.78. The molecule has 2 rings (SSSR count). The van der Waals surface area contributed by atoms with Gasteiger partial charge in [0, 0.05) is 5.54 Å². The standard InChI is InChI=1S/C22H30N2O3S/c1-6-18-12-14-20(15-13-18)24(28(5,26)27)17(2)21(25)23-22(3,4)16-19-10-8-7-9-11-19/h7-15,17H,6,16H2,1-5H3,(H,23,25)/t17-/m1/s1. The third kappa shape index (κ3) is 5.83. The van der Waals surface area contributed by atoms with E-state index >= 15 is 0 Å². The first-order valence-corrected chi connectivity index (χ1v) is 11.3. The fourth-order valence-corrected chi connectivity index (χ4v) is 4.45. The number of aryl methyl sites for hydroxylation is 1. The molecule has 0 unspecified atom stereocenters. The van der Waals surface area contributed by atoms with Gasteiger partial charge in [-0.25, -0.2) is 8.42 Å². The topological polar surface area (TPSA) is 66.5 Å². The van der Waals surface area contributed by atoms with Gasteiger partial charge in [0.25, 0.3) is 0 Å². The van der Waals surface area contributed by atoms with Crippen LogP contribution in [-0.2, 0) is 27.7 Å². The highest BCUT2D eigenvalue weighted by Crippen LogP contribution is 2.22. The van der Waals surface area contributed by atoms with Crippen molar-refractivity contribution in [3.05, 3.63) is 65.7 Å². The van der Waals surface area contributed by atoms with Gasteiger partial charge in [-0.2, -0.15) is 0 Å². The van der Waals surface area contributed by atoms with Crippen molar-refractivity contribution < 1.29 is 13.2 Å². The van der Waals surface area contributed by atoms with Crippen molar-refractivity contribution in [2.24, 2.45) is 0 Å². The van der Waals surface area contributed by atoms with Crippen molar-refractivity contribution in [1.29, 1.82) is 0 Å². The van der Waals surface area contributed by atoms with Crippen LogP contribution in [0.5, 0.6) is 0 Å². The Bertz CT molecular complexity index is 891. The van der Waals surface area contributed by atoms with Crippen LogP contribution >= 0.6 is 0 Å². The van der Waals surface area contributed by atoms with Gasteiger partial charge in [-0.3, -0.25) is 9.10 Å². The van der Waals surface area contributed by atoms with Crippen molar-refractivity contribution in [2.75, 3.05) is 10.6 Å². The average Bonchev–Trinajstić information content (AvgIpc) is 2.61. The molecule has 1 atom stereocenters. The van der Waals surface area contributed by atoms with Crippen LogP contribution in [0.2, 0.25) is 0 Å². The van der Waals surface area contributed by atoms with Crippen molar-refractivity contribution in [3.8, 4) is 0 Å². The summed E-state index contributed by atoms with van der Waals surface area (Å²) in [5, 5.41) is 3.00. The number of nitrogens with zero attached hydrogens (tertiary/aromatic N) is 1. The molecule has 1 N–H and O–H groups in total. The minimum Gasteiger partial charge on any atom is -0.349 e. The fraction of sp³-hybridized carbons (Fsp3) is 0.409. The Labute approximate surface area is 168 Å². The molecule has 0 heterocycles. The molecule has 1 amide bonds. The number of hydrogen-bond donors (Lipinski definition) is 1. The zero-order valence-corrected chi connectivity index (χ0v) is 18.1. The second-order valence-corrected chi connectivity index (χ2v) is 9.65. The van der Waals surface area contributed by atoms with Crippen LogP contribution in [0.3, 0.4) is 0 Å². The van der Waals surface area contributed by atoms with Crippen LogP contribution < -0.4 is 9.62 Å². The summed E-state index contributed by atoms with van der Waals surface area (Å²) in [6.45, 7) is 7.52. The minimum atomic E-state index is -3.62. The Morgan fingerprint density at radius 3 is 2.11 bits per heavy atom. The van der Waals surface area contributed by atoms with Gasteiger partial charge in [-0.1, -0.05) is 49.4 Å². The maximum Gasteiger partial charge on any atom is 0.244 e. The van der Waals surface area contributed by atoms with Crippen LogP contribution in [0.15, 0.2) is 54.6 Å². The van der Waals surface area contributed by atoms with Crippen LogP contribution in [0.4, 0.5) is 5.69 Å². The van der Waals surface area contributed by atoms with Gasteiger partial charge in [0.1, 0.15) is 6.04 Å². The monoisotopic (exact) mass is 402 g/mol. The zero-order valence-electron chi connectivity index (χ0n) is 17.3. The van der Waals surface area contributed by atoms with Gasteiger partial charge < -0.3 is 5.32 Å². The molecule has 5 nitrogen and oxygen atoms in total. The van der Waals surface area contributed by atoms with E-state index in [0.717, 1.165) is 23.8 Å². The minimum absolute atomic E-state index is 0.328. The van der Waals surface area contributed by atoms with E-state index in [1.165, 1.54) is 4.31 Å². The van der Waals surface area contributed by atoms with Gasteiger partial charge in [-0.15, -0.1) is 0 Å². The van der Waals surface area contributed by atoms with Gasteiger partial charge in [0.2, 0.25) is 15.9 Å². The van der Waals surface area contributed by atoms with Crippen molar-refractivity contribution >= 4 is 21.6 Å². The van der Waals surface area contributed by atoms with Crippen molar-refractivity contribution in [2.45, 2.75) is 52.1 Å². The maximum atomic E-state index is 12.9. The molecule has 0 fully saturated rings. The normalized spacial score (nSPS) is 13.0. The number of nitrogens with one attached hydrogen (secondary N) is 1. The number of sulfonamides is 1. The van der Waals surface area contributed by atoms with E-state index in [1.54, 1.807) is 19.1 Å². The molecule has 0 saturated heterocycles. The van der Waals surface area contributed by atoms with E-state index in [4.69, 9.17) is 0 Å². The lowest BCUT2D eigenvalue weighted by atomic mass is 9.94. The van der Waals surface area contributed by atoms with Crippen LogP contribution in [0.25, 0.3) is 0 Å². The first-order valence-electron chi connectivity index (χ1n) is 9.48. The lowest BCUT2D eigenvalue weighted by molar-refractivity contribution is -0.123. The molecule has 0 aromatic heterocycles. The lowest BCUT2D eigenvalue weighted by Gasteiger charge is -2.33. The lowest BCUT2D eigenvalue weighted by Crippen LogP contribution is -2.54. The highest BCUT2D eigenvalue weighted by molar-refractivity contribution is 7.92. The number of amides is 1. The van der Waals surface area contributed by atoms with E-state index in [9.17, 15) is 13.2 Å². The maximum absolute atomic E-state index is 12.9. The van der Waals surface area contributed by atoms with E-state index < -0.39 is 21.6 Å². The fourth-order valence-electron chi connectivity index (χ4n) is 3.28. The summed E-state index contributed by atoms with van der Waals surface area (Å²) in [6, 6.07) is 16.3. The molecule has 0 spiro atoms. The van der Waals surface area contributed by atoms with Gasteiger partial charge in [0.15, 0.2) is 0 Å². The molecule has 0 aliphatic heterocycles. The number of carbonyl (C=O) groups is 1. The average molecular weight is 403 g/mol. The summed E-state index contributed by atoms with van der Waals surface area (Å²) in [6.07, 6.45) is 2.64. The van der Waals surface area contributed by atoms with E-state index in [-0.39, 0.29) is 5.91 Å². The second-order valence-electron chi connectivity index (χ2n) is 7.79. The van der Waals surface area contributed by atoms with E-state index in [0.29, 0.717) is 12.1 Å². The summed E-state index contributed by atoms with van der Waals surface area (Å²) in [7, 11) is -3.62. The summed E-state index contributed by atoms with van der Waals surface area (Å²) in [5.41, 5.74) is 2.19. The van der Waals surface area contributed by atoms with Gasteiger partial charge >= 0.3 is 0 Å². The molecule has 6 heteroatoms. The largest absolute Gasteiger partial charge is 0.349 e. The number of carbonyl (C=O) groups excluding carboxylic acids is 1. The molecule has 152 valence electrons. The highest BCUT2D eigenvalue weighted by Gasteiger charge is 2.32. The number of anilines is 1. The number of rotatable bonds is 8. The molecular formula is C22H30N2O3S. The Morgan fingerprint density at radius 2 is 1.61 bits per heavy atom. The first-order chi connectivity index (χ1) is 13.0. The predicted octanol–water partition coefficient (Wildman–Crippen LogP) is 3.54. The summed E-state index contributed by atoms with van der Waals surface area (Å²) >= 11 is 0. The first kappa shape index (κ1) is 22.0. The van der Waals surface area contributed by atoms with Crippen LogP contribution in [-0.4, -0.2) is 32.2 Å². The Kier molecular flexibility index (Phi) is 6.88. The van der Waals surface area contributed by atoms with E-state index in [2.05, 4.69) is 5.32 Å². The molecule has 0 saturated carbocycles. The smallest absolute Gasteiger partial charge is 0.244 e. The predicted molar refractivity (Wildman–Crippen MR) is 115 cm³/mol. The third-order valence-corrected chi connectivity index (χ3v) is 5.88. The number of benzene rings is 2. The molecule has 0 radical (unpaired) electrons. The molecule has 0 bridgehead atoms. The molecule has 0 aliphatic rings.